The van der Waals surface area contributed by atoms with E-state index in [2.05, 4.69) is 41.6 Å². The van der Waals surface area contributed by atoms with E-state index in [9.17, 15) is 39.0 Å². The minimum Gasteiger partial charge on any atom is -0.480 e. The quantitative estimate of drug-likeness (QED) is 0.0170. The van der Waals surface area contributed by atoms with Crippen LogP contribution < -0.4 is 78.2 Å². The number of carboxylic acids is 1. The van der Waals surface area contributed by atoms with Gasteiger partial charge in [0.25, 0.3) is 0 Å². The number of amides is 5. The number of nitrogens with one attached hydrogen (secondary N) is 5. The zero-order valence-electron chi connectivity index (χ0n) is 33.9. The van der Waals surface area contributed by atoms with Crippen molar-refractivity contribution in [2.45, 2.75) is 126 Å². The van der Waals surface area contributed by atoms with E-state index in [1.807, 2.05) is 0 Å². The van der Waals surface area contributed by atoms with Gasteiger partial charge in [-0.25, -0.2) is 4.79 Å². The Morgan fingerprint density at radius 2 is 0.831 bits per heavy atom. The van der Waals surface area contributed by atoms with Gasteiger partial charge in [-0.1, -0.05) is 6.42 Å². The molecule has 0 saturated heterocycles. The number of aliphatic hydroxyl groups is 1. The lowest BCUT2D eigenvalue weighted by molar-refractivity contribution is -0.142. The van der Waals surface area contributed by atoms with Crippen molar-refractivity contribution in [3.63, 3.8) is 0 Å². The number of unbranched alkanes of at least 4 members (excludes halogenated alkanes) is 2. The summed E-state index contributed by atoms with van der Waals surface area (Å²) in [6.07, 6.45) is 1.40. The molecule has 0 saturated carbocycles. The Bertz CT molecular complexity index is 1400. The van der Waals surface area contributed by atoms with Gasteiger partial charge in [0.05, 0.1) is 12.1 Å². The largest absolute Gasteiger partial charge is 0.480 e. The molecule has 0 rings (SSSR count). The van der Waals surface area contributed by atoms with Crippen molar-refractivity contribution < 1.29 is 39.0 Å². The fourth-order valence-electron chi connectivity index (χ4n) is 5.45. The number of carbonyl (C=O) groups excluding carboxylic acids is 5. The van der Waals surface area contributed by atoms with E-state index in [1.54, 1.807) is 0 Å². The average molecular weight is 844 g/mol. The number of guanidine groups is 3. The van der Waals surface area contributed by atoms with Crippen molar-refractivity contribution in [2.75, 3.05) is 32.7 Å². The maximum absolute atomic E-state index is 13.8. The topological polar surface area (TPSA) is 474 Å². The van der Waals surface area contributed by atoms with Gasteiger partial charge in [-0.15, -0.1) is 0 Å². The van der Waals surface area contributed by atoms with Crippen LogP contribution in [0.5, 0.6) is 0 Å². The van der Waals surface area contributed by atoms with Gasteiger partial charge in [0.1, 0.15) is 30.2 Å². The molecule has 59 heavy (non-hydrogen) atoms. The van der Waals surface area contributed by atoms with Crippen LogP contribution in [0.2, 0.25) is 0 Å². The first kappa shape index (κ1) is 53.5. The Balaban J connectivity index is 6.34. The molecule has 7 unspecified atom stereocenters. The molecule has 0 heterocycles. The molecule has 338 valence electrons. The van der Waals surface area contributed by atoms with Crippen LogP contribution in [0.25, 0.3) is 0 Å². The van der Waals surface area contributed by atoms with Crippen LogP contribution in [0.4, 0.5) is 0 Å². The van der Waals surface area contributed by atoms with E-state index in [0.717, 1.165) is 0 Å². The number of carboxylic acid groups (broad SMARTS) is 1. The molecule has 25 N–H and O–H groups in total. The summed E-state index contributed by atoms with van der Waals surface area (Å²) in [4.78, 5) is 91.1. The summed E-state index contributed by atoms with van der Waals surface area (Å²) in [5.41, 5.74) is 49.5. The molecular weight excluding hydrogens is 774 g/mol. The minimum absolute atomic E-state index is 0.0338. The highest BCUT2D eigenvalue weighted by atomic mass is 16.4. The summed E-state index contributed by atoms with van der Waals surface area (Å²) >= 11 is 0. The molecule has 0 aromatic heterocycles. The maximum atomic E-state index is 13.8. The van der Waals surface area contributed by atoms with E-state index in [-0.39, 0.29) is 89.0 Å². The monoisotopic (exact) mass is 844 g/mol. The lowest BCUT2D eigenvalue weighted by Crippen LogP contribution is -2.61. The van der Waals surface area contributed by atoms with Gasteiger partial charge >= 0.3 is 5.97 Å². The highest BCUT2D eigenvalue weighted by Crippen LogP contribution is 2.09. The van der Waals surface area contributed by atoms with Crippen molar-refractivity contribution in [1.82, 2.24) is 26.6 Å². The molecule has 0 aliphatic heterocycles. The fourth-order valence-corrected chi connectivity index (χ4v) is 5.45. The summed E-state index contributed by atoms with van der Waals surface area (Å²) in [5, 5.41) is 32.9. The first-order valence-electron chi connectivity index (χ1n) is 19.6. The lowest BCUT2D eigenvalue weighted by atomic mass is 10.0. The first-order valence-corrected chi connectivity index (χ1v) is 19.6. The summed E-state index contributed by atoms with van der Waals surface area (Å²) in [6, 6.07) is -7.83. The van der Waals surface area contributed by atoms with Crippen LogP contribution in [0.3, 0.4) is 0 Å². The lowest BCUT2D eigenvalue weighted by Gasteiger charge is -2.28. The molecule has 7 atom stereocenters. The van der Waals surface area contributed by atoms with Crippen molar-refractivity contribution in [1.29, 1.82) is 0 Å². The van der Waals surface area contributed by atoms with Crippen LogP contribution in [-0.2, 0) is 28.8 Å². The van der Waals surface area contributed by atoms with Gasteiger partial charge in [0.15, 0.2) is 17.9 Å². The van der Waals surface area contributed by atoms with Crippen molar-refractivity contribution >= 4 is 53.4 Å². The number of aliphatic carboxylic acids is 1. The number of rotatable bonds is 32. The minimum atomic E-state index is -1.67. The summed E-state index contributed by atoms with van der Waals surface area (Å²) in [5.74, 6) is -6.03. The molecule has 0 fully saturated rings. The predicted molar refractivity (Wildman–Crippen MR) is 222 cm³/mol. The van der Waals surface area contributed by atoms with E-state index in [0.29, 0.717) is 38.6 Å². The maximum Gasteiger partial charge on any atom is 0.326 e. The van der Waals surface area contributed by atoms with E-state index in [4.69, 9.17) is 51.6 Å². The number of nitrogens with zero attached hydrogens (tertiary/aromatic N) is 3. The van der Waals surface area contributed by atoms with E-state index in [1.165, 1.54) is 6.92 Å². The molecule has 0 bridgehead atoms. The zero-order valence-corrected chi connectivity index (χ0v) is 33.9. The van der Waals surface area contributed by atoms with E-state index >= 15 is 0 Å². The average Bonchev–Trinajstić information content (AvgIpc) is 3.15. The van der Waals surface area contributed by atoms with Gasteiger partial charge in [-0.05, 0) is 90.6 Å². The van der Waals surface area contributed by atoms with Crippen molar-refractivity contribution in [3.8, 4) is 0 Å². The normalized spacial score (nSPS) is 14.4. The molecule has 5 amide bonds. The van der Waals surface area contributed by atoms with Crippen molar-refractivity contribution in [2.24, 2.45) is 66.6 Å². The van der Waals surface area contributed by atoms with Crippen LogP contribution in [-0.4, -0.2) is 139 Å². The molecular formula is C34H69N17O8. The van der Waals surface area contributed by atoms with Gasteiger partial charge in [-0.3, -0.25) is 38.9 Å². The molecule has 0 spiro atoms. The third-order valence-corrected chi connectivity index (χ3v) is 8.66. The van der Waals surface area contributed by atoms with Crippen LogP contribution in [0.15, 0.2) is 15.0 Å². The second kappa shape index (κ2) is 30.5. The highest BCUT2D eigenvalue weighted by molar-refractivity contribution is 5.96. The van der Waals surface area contributed by atoms with Gasteiger partial charge in [0, 0.05) is 19.6 Å². The number of hydrogen-bond donors (Lipinski definition) is 16. The standard InChI is InChI=1S/C34H69N17O8/c1-19(52)25(30(57)49-21(10-3-5-15-36)28(55)50-24(31(58)59)13-8-18-46-34(42)43)51-29(56)23(12-7-17-45-33(40)41)48-27(54)22(11-6-16-44-32(38)39)47-26(53)20(37)9-2-4-14-35/h19-25,52H,2-18,35-37H2,1H3,(H,47,53)(H,48,54)(H,49,57)(H,50,55)(H,51,56)(H,58,59)(H4,38,39,44)(H4,40,41,45)(H4,42,43,46). The number of carbonyl (C=O) groups is 6. The summed E-state index contributed by atoms with van der Waals surface area (Å²) in [7, 11) is 0. The second-order valence-corrected chi connectivity index (χ2v) is 13.8. The number of hydrogen-bond acceptors (Lipinski definition) is 13. The second-order valence-electron chi connectivity index (χ2n) is 13.8. The van der Waals surface area contributed by atoms with Crippen LogP contribution >= 0.6 is 0 Å². The first-order chi connectivity index (χ1) is 27.8. The smallest absolute Gasteiger partial charge is 0.326 e. The molecule has 0 aromatic carbocycles. The SMILES string of the molecule is CC(O)C(NC(=O)C(CCCN=C(N)N)NC(=O)C(CCCN=C(N)N)NC(=O)C(N)CCCCN)C(=O)NC(CCCCN)C(=O)NC(CCCN=C(N)N)C(=O)O. The zero-order chi connectivity index (χ0) is 44.9. The molecule has 0 aliphatic carbocycles. The Kier molecular flexibility index (Phi) is 27.7. The van der Waals surface area contributed by atoms with Gasteiger partial charge in [0.2, 0.25) is 29.5 Å². The Hall–Kier alpha value is -5.53. The predicted octanol–water partition coefficient (Wildman–Crippen LogP) is -6.38. The van der Waals surface area contributed by atoms with Crippen molar-refractivity contribution in [3.05, 3.63) is 0 Å². The van der Waals surface area contributed by atoms with Gasteiger partial charge in [-0.2, -0.15) is 0 Å². The molecule has 0 aromatic rings. The Morgan fingerprint density at radius 1 is 0.492 bits per heavy atom. The fraction of sp³-hybridized carbons (Fsp3) is 0.735. The third kappa shape index (κ3) is 24.8. The Labute approximate surface area is 344 Å². The number of aliphatic imine (C=N–C) groups is 3. The Morgan fingerprint density at radius 3 is 1.22 bits per heavy atom. The molecule has 25 nitrogen and oxygen atoms in total. The number of nitrogens with two attached hydrogens (primary N) is 9. The van der Waals surface area contributed by atoms with E-state index < -0.39 is 77.9 Å². The molecule has 25 heteroatoms. The van der Waals surface area contributed by atoms with Crippen LogP contribution in [0, 0.1) is 0 Å². The number of aliphatic hydroxyl groups excluding tert-OH is 1. The third-order valence-electron chi connectivity index (χ3n) is 8.66. The van der Waals surface area contributed by atoms with Gasteiger partial charge < -0.3 is 88.4 Å². The van der Waals surface area contributed by atoms with Crippen LogP contribution in [0.1, 0.15) is 84.0 Å². The summed E-state index contributed by atoms with van der Waals surface area (Å²) in [6.45, 7) is 2.20. The molecule has 0 aliphatic rings. The summed E-state index contributed by atoms with van der Waals surface area (Å²) < 4.78 is 0. The highest BCUT2D eigenvalue weighted by Gasteiger charge is 2.34. The molecule has 0 radical (unpaired) electrons.